The smallest absolute Gasteiger partial charge is 0.173 e. The van der Waals surface area contributed by atoms with Gasteiger partial charge in [0.05, 0.1) is 12.7 Å². The summed E-state index contributed by atoms with van der Waals surface area (Å²) in [5.74, 6) is 1.34. The first-order valence-electron chi connectivity index (χ1n) is 6.85. The summed E-state index contributed by atoms with van der Waals surface area (Å²) in [6.45, 7) is 6.30. The SMILES string of the molecule is CCC(C)CN(C)Cc1ccc(OC)c(C(N)=NO)c1. The van der Waals surface area contributed by atoms with E-state index in [0.717, 1.165) is 18.7 Å². The second-order valence-electron chi connectivity index (χ2n) is 5.23. The average Bonchev–Trinajstić information content (AvgIpc) is 2.45. The first-order chi connectivity index (χ1) is 9.51. The van der Waals surface area contributed by atoms with Gasteiger partial charge >= 0.3 is 0 Å². The van der Waals surface area contributed by atoms with E-state index in [0.29, 0.717) is 17.2 Å². The van der Waals surface area contributed by atoms with E-state index in [-0.39, 0.29) is 5.84 Å². The molecule has 3 N–H and O–H groups in total. The van der Waals surface area contributed by atoms with E-state index in [1.54, 1.807) is 7.11 Å². The van der Waals surface area contributed by atoms with Crippen LogP contribution in [0, 0.1) is 5.92 Å². The zero-order valence-electron chi connectivity index (χ0n) is 12.8. The van der Waals surface area contributed by atoms with Gasteiger partial charge in [-0.05, 0) is 30.7 Å². The molecule has 0 fully saturated rings. The number of nitrogens with two attached hydrogens (primary N) is 1. The predicted molar refractivity (Wildman–Crippen MR) is 81.3 cm³/mol. The Morgan fingerprint density at radius 3 is 2.75 bits per heavy atom. The minimum absolute atomic E-state index is 0.0632. The molecule has 0 aliphatic heterocycles. The van der Waals surface area contributed by atoms with E-state index in [1.807, 2.05) is 18.2 Å². The molecule has 1 unspecified atom stereocenters. The number of oxime groups is 1. The monoisotopic (exact) mass is 279 g/mol. The summed E-state index contributed by atoms with van der Waals surface area (Å²) in [7, 11) is 3.66. The summed E-state index contributed by atoms with van der Waals surface area (Å²) in [6, 6.07) is 5.75. The molecule has 0 bridgehead atoms. The Morgan fingerprint density at radius 1 is 1.50 bits per heavy atom. The molecule has 1 aromatic carbocycles. The Balaban J connectivity index is 2.87. The summed E-state index contributed by atoms with van der Waals surface area (Å²) in [4.78, 5) is 2.27. The van der Waals surface area contributed by atoms with Crippen LogP contribution in [0.4, 0.5) is 0 Å². The Kier molecular flexibility index (Phi) is 6.31. The number of amidine groups is 1. The minimum atomic E-state index is 0.0632. The fourth-order valence-corrected chi connectivity index (χ4v) is 2.14. The van der Waals surface area contributed by atoms with Gasteiger partial charge in [0.15, 0.2) is 5.84 Å². The van der Waals surface area contributed by atoms with Gasteiger partial charge in [-0.25, -0.2) is 0 Å². The number of benzene rings is 1. The van der Waals surface area contributed by atoms with Crippen molar-refractivity contribution in [3.05, 3.63) is 29.3 Å². The van der Waals surface area contributed by atoms with Crippen LogP contribution in [-0.4, -0.2) is 36.6 Å². The third-order valence-corrected chi connectivity index (χ3v) is 3.42. The topological polar surface area (TPSA) is 71.1 Å². The molecule has 1 rings (SSSR count). The van der Waals surface area contributed by atoms with Crippen LogP contribution in [0.2, 0.25) is 0 Å². The normalized spacial score (nSPS) is 13.6. The molecular weight excluding hydrogens is 254 g/mol. The Bertz CT molecular complexity index is 460. The molecule has 112 valence electrons. The molecule has 0 saturated carbocycles. The minimum Gasteiger partial charge on any atom is -0.496 e. The molecule has 0 aliphatic rings. The van der Waals surface area contributed by atoms with Gasteiger partial charge in [0.2, 0.25) is 0 Å². The molecular formula is C15H25N3O2. The van der Waals surface area contributed by atoms with E-state index in [1.165, 1.54) is 6.42 Å². The van der Waals surface area contributed by atoms with Gasteiger partial charge in [-0.3, -0.25) is 0 Å². The second-order valence-corrected chi connectivity index (χ2v) is 5.23. The van der Waals surface area contributed by atoms with Crippen molar-refractivity contribution in [3.8, 4) is 5.75 Å². The molecule has 1 aromatic rings. The first kappa shape index (κ1) is 16.3. The lowest BCUT2D eigenvalue weighted by Gasteiger charge is -2.21. The van der Waals surface area contributed by atoms with E-state index >= 15 is 0 Å². The van der Waals surface area contributed by atoms with E-state index in [4.69, 9.17) is 15.7 Å². The lowest BCUT2D eigenvalue weighted by atomic mass is 10.1. The van der Waals surface area contributed by atoms with Crippen molar-refractivity contribution in [3.63, 3.8) is 0 Å². The van der Waals surface area contributed by atoms with Crippen LogP contribution in [0.5, 0.6) is 5.75 Å². The standard InChI is InChI=1S/C15H25N3O2/c1-5-11(2)9-18(3)10-12-6-7-14(20-4)13(8-12)15(16)17-19/h6-8,11,19H,5,9-10H2,1-4H3,(H2,16,17). The fourth-order valence-electron chi connectivity index (χ4n) is 2.14. The first-order valence-corrected chi connectivity index (χ1v) is 6.85. The molecule has 20 heavy (non-hydrogen) atoms. The Hall–Kier alpha value is -1.75. The zero-order chi connectivity index (χ0) is 15.1. The van der Waals surface area contributed by atoms with Gasteiger partial charge < -0.3 is 20.6 Å². The van der Waals surface area contributed by atoms with Crippen LogP contribution in [0.15, 0.2) is 23.4 Å². The third-order valence-electron chi connectivity index (χ3n) is 3.42. The van der Waals surface area contributed by atoms with Gasteiger partial charge in [0.25, 0.3) is 0 Å². The lowest BCUT2D eigenvalue weighted by Crippen LogP contribution is -2.24. The molecule has 0 aliphatic carbocycles. The number of hydrogen-bond acceptors (Lipinski definition) is 4. The van der Waals surface area contributed by atoms with Crippen molar-refractivity contribution >= 4 is 5.84 Å². The van der Waals surface area contributed by atoms with Crippen LogP contribution in [-0.2, 0) is 6.54 Å². The highest BCUT2D eigenvalue weighted by Gasteiger charge is 2.11. The van der Waals surface area contributed by atoms with Crippen molar-refractivity contribution in [2.45, 2.75) is 26.8 Å². The highest BCUT2D eigenvalue weighted by molar-refractivity contribution is 5.99. The largest absolute Gasteiger partial charge is 0.496 e. The van der Waals surface area contributed by atoms with E-state index in [2.05, 4.69) is 31.0 Å². The van der Waals surface area contributed by atoms with Crippen molar-refractivity contribution in [1.29, 1.82) is 0 Å². The van der Waals surface area contributed by atoms with Gasteiger partial charge in [-0.15, -0.1) is 0 Å². The van der Waals surface area contributed by atoms with E-state index < -0.39 is 0 Å². The van der Waals surface area contributed by atoms with Crippen LogP contribution in [0.3, 0.4) is 0 Å². The van der Waals surface area contributed by atoms with Crippen molar-refractivity contribution in [2.24, 2.45) is 16.8 Å². The fraction of sp³-hybridized carbons (Fsp3) is 0.533. The molecule has 0 amide bonds. The quantitative estimate of drug-likeness (QED) is 0.347. The third kappa shape index (κ3) is 4.42. The molecule has 0 heterocycles. The van der Waals surface area contributed by atoms with Gasteiger partial charge in [0.1, 0.15) is 5.75 Å². The molecule has 0 radical (unpaired) electrons. The van der Waals surface area contributed by atoms with Crippen molar-refractivity contribution in [1.82, 2.24) is 4.90 Å². The highest BCUT2D eigenvalue weighted by atomic mass is 16.5. The summed E-state index contributed by atoms with van der Waals surface area (Å²) >= 11 is 0. The number of nitrogens with zero attached hydrogens (tertiary/aromatic N) is 2. The van der Waals surface area contributed by atoms with Crippen LogP contribution in [0.1, 0.15) is 31.4 Å². The molecule has 5 heteroatoms. The zero-order valence-corrected chi connectivity index (χ0v) is 12.8. The Morgan fingerprint density at radius 2 is 2.20 bits per heavy atom. The number of ether oxygens (including phenoxy) is 1. The van der Waals surface area contributed by atoms with Gasteiger partial charge in [0, 0.05) is 13.1 Å². The van der Waals surface area contributed by atoms with Gasteiger partial charge in [-0.2, -0.15) is 0 Å². The van der Waals surface area contributed by atoms with Gasteiger partial charge in [-0.1, -0.05) is 31.5 Å². The molecule has 0 aromatic heterocycles. The number of rotatable bonds is 7. The van der Waals surface area contributed by atoms with Crippen molar-refractivity contribution in [2.75, 3.05) is 20.7 Å². The number of hydrogen-bond donors (Lipinski definition) is 2. The van der Waals surface area contributed by atoms with Crippen molar-refractivity contribution < 1.29 is 9.94 Å². The molecule has 0 saturated heterocycles. The summed E-state index contributed by atoms with van der Waals surface area (Å²) in [6.07, 6.45) is 1.17. The number of methoxy groups -OCH3 is 1. The molecule has 1 atom stereocenters. The average molecular weight is 279 g/mol. The van der Waals surface area contributed by atoms with E-state index in [9.17, 15) is 0 Å². The Labute approximate surface area is 121 Å². The molecule has 5 nitrogen and oxygen atoms in total. The summed E-state index contributed by atoms with van der Waals surface area (Å²) in [5, 5.41) is 11.9. The maximum absolute atomic E-state index is 8.83. The lowest BCUT2D eigenvalue weighted by molar-refractivity contribution is 0.275. The second kappa shape index (κ2) is 7.75. The highest BCUT2D eigenvalue weighted by Crippen LogP contribution is 2.20. The van der Waals surface area contributed by atoms with Crippen LogP contribution >= 0.6 is 0 Å². The predicted octanol–water partition coefficient (Wildman–Crippen LogP) is 2.27. The maximum atomic E-state index is 8.83. The van der Waals surface area contributed by atoms with Crippen LogP contribution in [0.25, 0.3) is 0 Å². The van der Waals surface area contributed by atoms with Crippen LogP contribution < -0.4 is 10.5 Å². The molecule has 0 spiro atoms. The maximum Gasteiger partial charge on any atom is 0.173 e. The summed E-state index contributed by atoms with van der Waals surface area (Å²) < 4.78 is 5.22. The summed E-state index contributed by atoms with van der Waals surface area (Å²) in [5.41, 5.74) is 7.40.